The van der Waals surface area contributed by atoms with Crippen molar-refractivity contribution in [3.8, 4) is 0 Å². The summed E-state index contributed by atoms with van der Waals surface area (Å²) in [5, 5.41) is 27.7. The zero-order valence-corrected chi connectivity index (χ0v) is 7.48. The Morgan fingerprint density at radius 2 is 1.87 bits per heavy atom. The first-order chi connectivity index (χ1) is 7.09. The van der Waals surface area contributed by atoms with Gasteiger partial charge in [0.2, 0.25) is 6.29 Å². The van der Waals surface area contributed by atoms with Crippen molar-refractivity contribution in [3.63, 3.8) is 0 Å². The van der Waals surface area contributed by atoms with Crippen LogP contribution in [-0.4, -0.2) is 58.8 Å². The Labute approximate surface area is 83.8 Å². The van der Waals surface area contributed by atoms with Gasteiger partial charge in [0, 0.05) is 0 Å². The molecule has 4 atom stereocenters. The molecule has 2 aliphatic rings. The van der Waals surface area contributed by atoms with Crippen LogP contribution in [0.25, 0.3) is 0 Å². The summed E-state index contributed by atoms with van der Waals surface area (Å²) in [7, 11) is 0. The van der Waals surface area contributed by atoms with E-state index in [-0.39, 0.29) is 6.61 Å². The van der Waals surface area contributed by atoms with E-state index in [1.54, 1.807) is 0 Å². The van der Waals surface area contributed by atoms with Crippen LogP contribution in [0.5, 0.6) is 0 Å². The van der Waals surface area contributed by atoms with Crippen LogP contribution in [0.3, 0.4) is 0 Å². The Hall–Kier alpha value is -0.770. The molecule has 0 spiro atoms. The maximum Gasteiger partial charge on any atom is 0.371 e. The first-order valence-corrected chi connectivity index (χ1v) is 4.28. The van der Waals surface area contributed by atoms with E-state index in [9.17, 15) is 15.0 Å². The number of aliphatic hydroxyl groups excluding tert-OH is 3. The van der Waals surface area contributed by atoms with Gasteiger partial charge in [-0.15, -0.1) is 0 Å². The van der Waals surface area contributed by atoms with Crippen LogP contribution in [0.2, 0.25) is 0 Å². The molecule has 0 aromatic heterocycles. The molecule has 0 saturated carbocycles. The minimum atomic E-state index is -1.50. The van der Waals surface area contributed by atoms with Gasteiger partial charge in [0.15, 0.2) is 0 Å². The molecule has 0 aromatic carbocycles. The molecular weight excluding hydrogens is 212 g/mol. The van der Waals surface area contributed by atoms with E-state index in [0.717, 1.165) is 0 Å². The monoisotopic (exact) mass is 222 g/mol. The predicted molar refractivity (Wildman–Crippen MR) is 39.8 cm³/mol. The molecule has 0 aliphatic carbocycles. The molecule has 0 radical (unpaired) electrons. The highest BCUT2D eigenvalue weighted by atomic mass is 17.4. The van der Waals surface area contributed by atoms with Gasteiger partial charge in [0.25, 0.3) is 0 Å². The third kappa shape index (κ3) is 2.25. The second kappa shape index (κ2) is 4.00. The van der Waals surface area contributed by atoms with Crippen molar-refractivity contribution < 1.29 is 39.4 Å². The Balaban J connectivity index is 1.88. The van der Waals surface area contributed by atoms with Gasteiger partial charge in [0.1, 0.15) is 18.3 Å². The fourth-order valence-corrected chi connectivity index (χ4v) is 1.16. The highest BCUT2D eigenvalue weighted by Crippen LogP contribution is 2.20. The molecular formula is C7H10O8. The minimum Gasteiger partial charge on any atom is -0.429 e. The lowest BCUT2D eigenvalue weighted by Gasteiger charge is -2.34. The minimum absolute atomic E-state index is 0.234. The van der Waals surface area contributed by atoms with Crippen LogP contribution in [-0.2, 0) is 24.0 Å². The molecule has 8 heteroatoms. The number of hydrogen-bond acceptors (Lipinski definition) is 8. The van der Waals surface area contributed by atoms with Crippen LogP contribution >= 0.6 is 0 Å². The van der Waals surface area contributed by atoms with Crippen molar-refractivity contribution in [2.24, 2.45) is 0 Å². The molecule has 86 valence electrons. The fourth-order valence-electron chi connectivity index (χ4n) is 1.16. The molecule has 2 rings (SSSR count). The maximum atomic E-state index is 11.0. The second-order valence-corrected chi connectivity index (χ2v) is 3.21. The Morgan fingerprint density at radius 1 is 1.20 bits per heavy atom. The van der Waals surface area contributed by atoms with Gasteiger partial charge in [-0.2, -0.15) is 9.78 Å². The lowest BCUT2D eigenvalue weighted by atomic mass is 10.1. The van der Waals surface area contributed by atoms with Gasteiger partial charge in [-0.25, -0.2) is 4.79 Å². The molecule has 1 unspecified atom stereocenters. The van der Waals surface area contributed by atoms with E-state index in [4.69, 9.17) is 9.84 Å². The molecule has 15 heavy (non-hydrogen) atoms. The largest absolute Gasteiger partial charge is 0.429 e. The second-order valence-electron chi connectivity index (χ2n) is 3.21. The van der Waals surface area contributed by atoms with Crippen LogP contribution < -0.4 is 0 Å². The topological polar surface area (TPSA) is 121 Å². The van der Waals surface area contributed by atoms with Crippen molar-refractivity contribution in [2.45, 2.75) is 30.9 Å². The molecule has 0 bridgehead atoms. The zero-order chi connectivity index (χ0) is 11.0. The van der Waals surface area contributed by atoms with Crippen molar-refractivity contribution in [3.05, 3.63) is 0 Å². The maximum absolute atomic E-state index is 11.0. The van der Waals surface area contributed by atoms with Crippen molar-refractivity contribution in [1.82, 2.24) is 0 Å². The van der Waals surface area contributed by atoms with E-state index in [2.05, 4.69) is 14.5 Å². The number of rotatable bonds is 2. The molecule has 2 fully saturated rings. The summed E-state index contributed by atoms with van der Waals surface area (Å²) in [6.45, 7) is -0.234. The average Bonchev–Trinajstić information content (AvgIpc) is 3.02. The molecule has 8 nitrogen and oxygen atoms in total. The summed E-state index contributed by atoms with van der Waals surface area (Å²) in [6, 6.07) is 0. The normalized spacial score (nSPS) is 41.3. The van der Waals surface area contributed by atoms with E-state index < -0.39 is 36.9 Å². The highest BCUT2D eigenvalue weighted by Gasteiger charge is 2.44. The molecule has 2 heterocycles. The van der Waals surface area contributed by atoms with Crippen molar-refractivity contribution in [1.29, 1.82) is 0 Å². The quantitative estimate of drug-likeness (QED) is 0.261. The number of carbonyl (C=O) groups is 1. The van der Waals surface area contributed by atoms with Gasteiger partial charge in [-0.05, 0) is 0 Å². The first kappa shape index (κ1) is 10.7. The van der Waals surface area contributed by atoms with E-state index >= 15 is 0 Å². The third-order valence-electron chi connectivity index (χ3n) is 2.07. The lowest BCUT2D eigenvalue weighted by Crippen LogP contribution is -2.54. The number of hydrogen-bond donors (Lipinski definition) is 3. The van der Waals surface area contributed by atoms with Gasteiger partial charge in [0.05, 0.1) is 6.61 Å². The van der Waals surface area contributed by atoms with E-state index in [1.165, 1.54) is 0 Å². The van der Waals surface area contributed by atoms with Gasteiger partial charge in [-0.1, -0.05) is 0 Å². The fraction of sp³-hybridized carbons (Fsp3) is 0.857. The molecule has 3 N–H and O–H groups in total. The summed E-state index contributed by atoms with van der Waals surface area (Å²) >= 11 is 0. The van der Waals surface area contributed by atoms with Crippen LogP contribution in [0.1, 0.15) is 0 Å². The van der Waals surface area contributed by atoms with E-state index in [0.29, 0.717) is 0 Å². The van der Waals surface area contributed by atoms with Crippen LogP contribution in [0, 0.1) is 0 Å². The summed E-state index contributed by atoms with van der Waals surface area (Å²) in [5.74, 6) is -0.859. The van der Waals surface area contributed by atoms with Gasteiger partial charge in [-0.3, -0.25) is 0 Å². The number of carbonyl (C=O) groups excluding carboxylic acids is 1. The summed E-state index contributed by atoms with van der Waals surface area (Å²) in [4.78, 5) is 19.3. The van der Waals surface area contributed by atoms with E-state index in [1.807, 2.05) is 0 Å². The van der Waals surface area contributed by atoms with Crippen molar-refractivity contribution >= 4 is 5.97 Å². The van der Waals surface area contributed by atoms with Gasteiger partial charge < -0.3 is 24.8 Å². The predicted octanol–water partition coefficient (Wildman–Crippen LogP) is -2.74. The Kier molecular flexibility index (Phi) is 2.87. The molecule has 2 aliphatic heterocycles. The summed E-state index contributed by atoms with van der Waals surface area (Å²) in [6.07, 6.45) is -6.55. The third-order valence-corrected chi connectivity index (χ3v) is 2.07. The standard InChI is InChI=1S/C7H10O8/c8-2-1-12-6(4(10)3(2)9)13-5(11)7-14-15-7/h2-4,6-10H,1H2/t2-,3-,4+,6?/m1/s1. The van der Waals surface area contributed by atoms with Crippen molar-refractivity contribution in [2.75, 3.05) is 6.61 Å². The zero-order valence-electron chi connectivity index (χ0n) is 7.48. The Bertz CT molecular complexity index is 251. The summed E-state index contributed by atoms with van der Waals surface area (Å²) in [5.41, 5.74) is 0. The SMILES string of the molecule is O=C(OC1OC[C@@H](O)[C@@H](O)[C@@H]1O)C1OO1. The lowest BCUT2D eigenvalue weighted by molar-refractivity contribution is -0.263. The van der Waals surface area contributed by atoms with Crippen LogP contribution in [0.4, 0.5) is 0 Å². The molecule has 2 saturated heterocycles. The number of aliphatic hydroxyl groups is 3. The molecule has 0 aromatic rings. The first-order valence-electron chi connectivity index (χ1n) is 4.28. The average molecular weight is 222 g/mol. The smallest absolute Gasteiger partial charge is 0.371 e. The molecule has 0 amide bonds. The summed E-state index contributed by atoms with van der Waals surface area (Å²) < 4.78 is 9.42. The number of ether oxygens (including phenoxy) is 2. The van der Waals surface area contributed by atoms with Crippen LogP contribution in [0.15, 0.2) is 0 Å². The highest BCUT2D eigenvalue weighted by molar-refractivity contribution is 5.74. The van der Waals surface area contributed by atoms with Gasteiger partial charge >= 0.3 is 12.3 Å². The Morgan fingerprint density at radius 3 is 2.47 bits per heavy atom. The number of esters is 1.